The molecule has 4 rings (SSSR count). The Hall–Kier alpha value is -3.22. The molecular weight excluding hydrogens is 304 g/mol. The van der Waals surface area contributed by atoms with Crippen molar-refractivity contribution in [2.75, 3.05) is 12.3 Å². The SMILES string of the molecule is Nc1nccnc1C(=O)N1Cc2ccccc2C(n2cccn2)C1. The largest absolute Gasteiger partial charge is 0.382 e. The second-order valence-electron chi connectivity index (χ2n) is 5.68. The van der Waals surface area contributed by atoms with E-state index in [2.05, 4.69) is 21.1 Å². The van der Waals surface area contributed by atoms with Crippen LogP contribution < -0.4 is 5.73 Å². The molecule has 0 fully saturated rings. The van der Waals surface area contributed by atoms with Gasteiger partial charge in [0.25, 0.3) is 5.91 Å². The standard InChI is InChI=1S/C17H16N6O/c18-16-15(19-7-8-20-16)17(24)22-10-12-4-1-2-5-13(12)14(11-22)23-9-3-6-21-23/h1-9,14H,10-11H2,(H2,18,20). The third kappa shape index (κ3) is 2.40. The van der Waals surface area contributed by atoms with Gasteiger partial charge >= 0.3 is 0 Å². The molecule has 1 unspecified atom stereocenters. The zero-order valence-electron chi connectivity index (χ0n) is 12.9. The van der Waals surface area contributed by atoms with Crippen molar-refractivity contribution in [1.82, 2.24) is 24.6 Å². The molecular formula is C17H16N6O. The number of hydrogen-bond donors (Lipinski definition) is 1. The van der Waals surface area contributed by atoms with Gasteiger partial charge in [0.2, 0.25) is 0 Å². The maximum atomic E-state index is 12.9. The van der Waals surface area contributed by atoms with Gasteiger partial charge in [-0.2, -0.15) is 5.10 Å². The Balaban J connectivity index is 1.72. The van der Waals surface area contributed by atoms with Crippen LogP contribution in [0.4, 0.5) is 5.82 Å². The highest BCUT2D eigenvalue weighted by Gasteiger charge is 2.31. The van der Waals surface area contributed by atoms with Crippen LogP contribution in [0.25, 0.3) is 0 Å². The molecule has 0 bridgehead atoms. The fraction of sp³-hybridized carbons (Fsp3) is 0.176. The summed E-state index contributed by atoms with van der Waals surface area (Å²) in [6.45, 7) is 1.02. The van der Waals surface area contributed by atoms with Crippen LogP contribution in [0.5, 0.6) is 0 Å². The molecule has 1 atom stereocenters. The molecule has 3 aromatic rings. The lowest BCUT2D eigenvalue weighted by molar-refractivity contribution is 0.0701. The first-order valence-electron chi connectivity index (χ1n) is 7.66. The fourth-order valence-electron chi connectivity index (χ4n) is 3.09. The summed E-state index contributed by atoms with van der Waals surface area (Å²) in [5.74, 6) is -0.0655. The minimum absolute atomic E-state index is 0.0354. The van der Waals surface area contributed by atoms with Crippen LogP contribution >= 0.6 is 0 Å². The zero-order chi connectivity index (χ0) is 16.5. The highest BCUT2D eigenvalue weighted by atomic mass is 16.2. The maximum absolute atomic E-state index is 12.9. The number of nitrogens with zero attached hydrogens (tertiary/aromatic N) is 5. The van der Waals surface area contributed by atoms with Gasteiger partial charge in [0.05, 0.1) is 6.04 Å². The molecule has 7 nitrogen and oxygen atoms in total. The quantitative estimate of drug-likeness (QED) is 0.773. The second kappa shape index (κ2) is 5.77. The van der Waals surface area contributed by atoms with E-state index < -0.39 is 0 Å². The van der Waals surface area contributed by atoms with Crippen LogP contribution in [-0.2, 0) is 6.54 Å². The van der Waals surface area contributed by atoms with E-state index in [9.17, 15) is 4.79 Å². The molecule has 24 heavy (non-hydrogen) atoms. The summed E-state index contributed by atoms with van der Waals surface area (Å²) in [6, 6.07) is 9.94. The Bertz CT molecular complexity index is 876. The van der Waals surface area contributed by atoms with Crippen molar-refractivity contribution < 1.29 is 4.79 Å². The van der Waals surface area contributed by atoms with E-state index in [1.807, 2.05) is 35.1 Å². The summed E-state index contributed by atoms with van der Waals surface area (Å²) < 4.78 is 1.87. The third-order valence-corrected chi connectivity index (χ3v) is 4.23. The van der Waals surface area contributed by atoms with Gasteiger partial charge in [0.1, 0.15) is 0 Å². The summed E-state index contributed by atoms with van der Waals surface area (Å²) in [4.78, 5) is 22.7. The molecule has 0 aliphatic carbocycles. The molecule has 7 heteroatoms. The first kappa shape index (κ1) is 14.4. The number of anilines is 1. The van der Waals surface area contributed by atoms with Crippen molar-refractivity contribution in [3.05, 3.63) is 71.9 Å². The lowest BCUT2D eigenvalue weighted by Gasteiger charge is -2.34. The predicted molar refractivity (Wildman–Crippen MR) is 88.0 cm³/mol. The molecule has 1 aliphatic rings. The first-order chi connectivity index (χ1) is 11.7. The molecule has 0 saturated heterocycles. The van der Waals surface area contributed by atoms with Crippen molar-refractivity contribution >= 4 is 11.7 Å². The van der Waals surface area contributed by atoms with Crippen LogP contribution in [0.1, 0.15) is 27.7 Å². The van der Waals surface area contributed by atoms with Gasteiger partial charge in [-0.3, -0.25) is 9.48 Å². The monoisotopic (exact) mass is 320 g/mol. The van der Waals surface area contributed by atoms with Crippen LogP contribution in [0.3, 0.4) is 0 Å². The molecule has 0 saturated carbocycles. The van der Waals surface area contributed by atoms with Crippen molar-refractivity contribution in [2.24, 2.45) is 0 Å². The van der Waals surface area contributed by atoms with Gasteiger partial charge in [-0.05, 0) is 17.2 Å². The molecule has 0 spiro atoms. The van der Waals surface area contributed by atoms with Gasteiger partial charge in [-0.25, -0.2) is 9.97 Å². The van der Waals surface area contributed by atoms with E-state index in [0.29, 0.717) is 13.1 Å². The Labute approximate surface area is 138 Å². The fourth-order valence-corrected chi connectivity index (χ4v) is 3.09. The van der Waals surface area contributed by atoms with E-state index >= 15 is 0 Å². The highest BCUT2D eigenvalue weighted by molar-refractivity contribution is 5.96. The van der Waals surface area contributed by atoms with Crippen molar-refractivity contribution in [3.8, 4) is 0 Å². The highest BCUT2D eigenvalue weighted by Crippen LogP contribution is 2.30. The minimum atomic E-state index is -0.216. The van der Waals surface area contributed by atoms with Crippen LogP contribution in [0, 0.1) is 0 Å². The summed E-state index contributed by atoms with van der Waals surface area (Å²) >= 11 is 0. The van der Waals surface area contributed by atoms with Crippen LogP contribution in [0.15, 0.2) is 55.1 Å². The first-order valence-corrected chi connectivity index (χ1v) is 7.66. The summed E-state index contributed by atoms with van der Waals surface area (Å²) in [5.41, 5.74) is 8.28. The Kier molecular flexibility index (Phi) is 3.45. The van der Waals surface area contributed by atoms with Gasteiger partial charge in [-0.1, -0.05) is 24.3 Å². The molecule has 2 N–H and O–H groups in total. The van der Waals surface area contributed by atoms with Crippen molar-refractivity contribution in [3.63, 3.8) is 0 Å². The number of fused-ring (bicyclic) bond motifs is 1. The van der Waals surface area contributed by atoms with E-state index in [-0.39, 0.29) is 23.5 Å². The van der Waals surface area contributed by atoms with Crippen molar-refractivity contribution in [2.45, 2.75) is 12.6 Å². The van der Waals surface area contributed by atoms with Crippen LogP contribution in [0.2, 0.25) is 0 Å². The second-order valence-corrected chi connectivity index (χ2v) is 5.68. The minimum Gasteiger partial charge on any atom is -0.382 e. The Morgan fingerprint density at radius 2 is 1.96 bits per heavy atom. The number of amides is 1. The number of nitrogen functional groups attached to an aromatic ring is 1. The summed E-state index contributed by atoms with van der Waals surface area (Å²) in [6.07, 6.45) is 6.60. The van der Waals surface area contributed by atoms with E-state index in [0.717, 1.165) is 5.56 Å². The average Bonchev–Trinajstić information content (AvgIpc) is 3.15. The number of carbonyl (C=O) groups is 1. The van der Waals surface area contributed by atoms with Crippen molar-refractivity contribution in [1.29, 1.82) is 0 Å². The topological polar surface area (TPSA) is 89.9 Å². The maximum Gasteiger partial charge on any atom is 0.276 e. The van der Waals surface area contributed by atoms with Gasteiger partial charge in [0.15, 0.2) is 11.5 Å². The van der Waals surface area contributed by atoms with Gasteiger partial charge < -0.3 is 10.6 Å². The lowest BCUT2D eigenvalue weighted by atomic mass is 9.95. The predicted octanol–water partition coefficient (Wildman–Crippen LogP) is 1.50. The van der Waals surface area contributed by atoms with E-state index in [1.165, 1.54) is 18.0 Å². The van der Waals surface area contributed by atoms with Gasteiger partial charge in [0, 0.05) is 37.9 Å². The number of aromatic nitrogens is 4. The molecule has 0 radical (unpaired) electrons. The smallest absolute Gasteiger partial charge is 0.276 e. The normalized spacial score (nSPS) is 16.7. The molecule has 2 aromatic heterocycles. The Morgan fingerprint density at radius 3 is 2.75 bits per heavy atom. The third-order valence-electron chi connectivity index (χ3n) is 4.23. The number of rotatable bonds is 2. The molecule has 1 amide bonds. The lowest BCUT2D eigenvalue weighted by Crippen LogP contribution is -2.41. The molecule has 3 heterocycles. The van der Waals surface area contributed by atoms with E-state index in [1.54, 1.807) is 11.1 Å². The summed E-state index contributed by atoms with van der Waals surface area (Å²) in [7, 11) is 0. The van der Waals surface area contributed by atoms with Gasteiger partial charge in [-0.15, -0.1) is 0 Å². The summed E-state index contributed by atoms with van der Waals surface area (Å²) in [5, 5.41) is 4.35. The zero-order valence-corrected chi connectivity index (χ0v) is 12.9. The number of nitrogens with two attached hydrogens (primary N) is 1. The molecule has 1 aromatic carbocycles. The number of carbonyl (C=O) groups excluding carboxylic acids is 1. The Morgan fingerprint density at radius 1 is 1.12 bits per heavy atom. The molecule has 120 valence electrons. The van der Waals surface area contributed by atoms with E-state index in [4.69, 9.17) is 5.73 Å². The molecule has 1 aliphatic heterocycles. The number of benzene rings is 1. The number of hydrogen-bond acceptors (Lipinski definition) is 5. The average molecular weight is 320 g/mol. The van der Waals surface area contributed by atoms with Crippen LogP contribution in [-0.4, -0.2) is 37.1 Å².